The second kappa shape index (κ2) is 16.3. The van der Waals surface area contributed by atoms with Gasteiger partial charge in [-0.15, -0.1) is 5.11 Å². The summed E-state index contributed by atoms with van der Waals surface area (Å²) in [6, 6.07) is 8.07. The number of rotatable bonds is 10. The monoisotopic (exact) mass is 707 g/mol. The van der Waals surface area contributed by atoms with Crippen molar-refractivity contribution < 1.29 is 167 Å². The van der Waals surface area contributed by atoms with Crippen LogP contribution in [0.4, 0.5) is 17.1 Å². The Labute approximate surface area is 328 Å². The fraction of sp³-hybridized carbons (Fsp3) is 0.158. The molecule has 0 aliphatic rings. The van der Waals surface area contributed by atoms with E-state index in [2.05, 4.69) is 14.4 Å². The summed E-state index contributed by atoms with van der Waals surface area (Å²) in [6.45, 7) is -0.914. The molecule has 16 nitrogen and oxygen atoms in total. The van der Waals surface area contributed by atoms with Crippen LogP contribution < -0.4 is 120 Å². The normalized spacial score (nSPS) is 12.3. The molecular weight excluding hydrogens is 692 g/mol. The summed E-state index contributed by atoms with van der Waals surface area (Å²) in [7, 11) is -18.1. The van der Waals surface area contributed by atoms with Gasteiger partial charge in [-0.25, -0.2) is 29.4 Å². The first-order valence-electron chi connectivity index (χ1n) is 10.1. The Balaban J connectivity index is 0.00000560. The number of hydrogen-bond donors (Lipinski definition) is 1. The van der Waals surface area contributed by atoms with Gasteiger partial charge in [-0.3, -0.25) is 8.86 Å². The van der Waals surface area contributed by atoms with Gasteiger partial charge in [0.25, 0.3) is 0 Å². The SMILES string of the molecule is CN(c1ccc2cc(S(=O)(=O)[O-])c(N=Nc3ccc(S(=O)(=O)[O-])cc3)c([O-])c2c1)S(=O)(=O)CCOS(=O)(=O)O.[K+].[Na+].[Na+]. The minimum Gasteiger partial charge on any atom is -0.871 e. The molecule has 0 radical (unpaired) electrons. The quantitative estimate of drug-likeness (QED) is 0.117. The first kappa shape index (κ1) is 42.4. The predicted octanol–water partition coefficient (Wildman–Crippen LogP) is -8.27. The van der Waals surface area contributed by atoms with E-state index in [1.165, 1.54) is 6.07 Å². The van der Waals surface area contributed by atoms with Crippen LogP contribution in [-0.4, -0.2) is 66.7 Å². The number of anilines is 1. The van der Waals surface area contributed by atoms with E-state index in [0.717, 1.165) is 49.5 Å². The molecule has 0 aliphatic heterocycles. The average Bonchev–Trinajstić information content (AvgIpc) is 2.80. The summed E-state index contributed by atoms with van der Waals surface area (Å²) in [6.07, 6.45) is 0. The number of sulfonamides is 1. The first-order chi connectivity index (χ1) is 17.8. The van der Waals surface area contributed by atoms with Gasteiger partial charge in [0, 0.05) is 7.05 Å². The molecule has 0 aromatic heterocycles. The van der Waals surface area contributed by atoms with Gasteiger partial charge in [-0.1, -0.05) is 11.8 Å². The van der Waals surface area contributed by atoms with Gasteiger partial charge in [0.1, 0.15) is 20.2 Å². The Kier molecular flexibility index (Phi) is 16.4. The van der Waals surface area contributed by atoms with Crippen LogP contribution in [0.5, 0.6) is 5.75 Å². The van der Waals surface area contributed by atoms with Gasteiger partial charge in [0.05, 0.1) is 39.2 Å². The van der Waals surface area contributed by atoms with E-state index < -0.39 is 74.2 Å². The van der Waals surface area contributed by atoms with E-state index in [0.29, 0.717) is 4.31 Å². The maximum Gasteiger partial charge on any atom is 1.00 e. The molecule has 23 heteroatoms. The molecule has 0 saturated carbocycles. The molecule has 3 aromatic rings. The number of fused-ring (bicyclic) bond motifs is 1. The molecule has 3 aromatic carbocycles. The van der Waals surface area contributed by atoms with E-state index in [-0.39, 0.29) is 133 Å². The minimum absolute atomic E-state index is 0. The number of benzene rings is 3. The third-order valence-electron chi connectivity index (χ3n) is 5.03. The number of nitrogens with zero attached hydrogens (tertiary/aromatic N) is 3. The zero-order chi connectivity index (χ0) is 29.4. The van der Waals surface area contributed by atoms with Gasteiger partial charge < -0.3 is 14.2 Å². The number of azo groups is 1. The molecular formula is C19H16KN3Na2O13S4. The fourth-order valence-electron chi connectivity index (χ4n) is 3.13. The summed E-state index contributed by atoms with van der Waals surface area (Å²) >= 11 is 0. The molecule has 1 N–H and O–H groups in total. The summed E-state index contributed by atoms with van der Waals surface area (Å²) in [5, 5.41) is 20.0. The van der Waals surface area contributed by atoms with Crippen molar-refractivity contribution in [3.8, 4) is 5.75 Å². The third kappa shape index (κ3) is 11.3. The Morgan fingerprint density at radius 3 is 1.93 bits per heavy atom. The van der Waals surface area contributed by atoms with Crippen molar-refractivity contribution in [3.05, 3.63) is 48.5 Å². The van der Waals surface area contributed by atoms with E-state index in [1.807, 2.05) is 0 Å². The second-order valence-electron chi connectivity index (χ2n) is 7.59. The standard InChI is InChI=1S/C19H19N3O13S4.K.2Na/c1-22(36(24,25)9-8-35-39(32,33)34)14-5-2-12-10-17(38(29,30)31)18(19(23)16(12)11-14)21-20-13-3-6-15(7-4-13)37(26,27)28;;;/h2-7,10-11,23H,8-9H2,1H3,(H,26,27,28)(H,29,30,31)(H,32,33,34);;;/q;3*+1/p-3. The zero-order valence-electron chi connectivity index (χ0n) is 22.4. The molecule has 0 unspecified atom stereocenters. The second-order valence-corrected chi connectivity index (χ2v) is 13.5. The smallest absolute Gasteiger partial charge is 0.871 e. The first-order valence-corrected chi connectivity index (χ1v) is 15.9. The van der Waals surface area contributed by atoms with Gasteiger partial charge >= 0.3 is 121 Å². The molecule has 0 fully saturated rings. The molecule has 212 valence electrons. The minimum atomic E-state index is -5.26. The molecule has 0 amide bonds. The van der Waals surface area contributed by atoms with Gasteiger partial charge in [0.15, 0.2) is 0 Å². The fourth-order valence-corrected chi connectivity index (χ4v) is 5.64. The average molecular weight is 708 g/mol. The maximum atomic E-state index is 13.1. The van der Waals surface area contributed by atoms with Crippen LogP contribution in [0.2, 0.25) is 0 Å². The van der Waals surface area contributed by atoms with Gasteiger partial charge in [-0.2, -0.15) is 13.5 Å². The van der Waals surface area contributed by atoms with Crippen LogP contribution in [-0.2, 0) is 44.8 Å². The van der Waals surface area contributed by atoms with Gasteiger partial charge in [0.2, 0.25) is 10.0 Å². The van der Waals surface area contributed by atoms with Crippen molar-refractivity contribution in [2.24, 2.45) is 10.2 Å². The molecule has 0 heterocycles. The largest absolute Gasteiger partial charge is 1.00 e. The zero-order valence-corrected chi connectivity index (χ0v) is 32.7. The molecule has 3 rings (SSSR count). The Morgan fingerprint density at radius 1 is 0.857 bits per heavy atom. The van der Waals surface area contributed by atoms with Crippen LogP contribution in [0.15, 0.2) is 68.6 Å². The van der Waals surface area contributed by atoms with Crippen LogP contribution >= 0.6 is 0 Å². The van der Waals surface area contributed by atoms with Crippen molar-refractivity contribution in [3.63, 3.8) is 0 Å². The summed E-state index contributed by atoms with van der Waals surface area (Å²) < 4.78 is 128. The Bertz CT molecular complexity index is 1910. The van der Waals surface area contributed by atoms with Crippen LogP contribution in [0.1, 0.15) is 0 Å². The summed E-state index contributed by atoms with van der Waals surface area (Å²) in [4.78, 5) is -1.62. The van der Waals surface area contributed by atoms with Gasteiger partial charge in [-0.05, 0) is 53.2 Å². The van der Waals surface area contributed by atoms with Crippen molar-refractivity contribution in [2.75, 3.05) is 23.7 Å². The Morgan fingerprint density at radius 2 is 1.43 bits per heavy atom. The molecule has 42 heavy (non-hydrogen) atoms. The molecule has 0 saturated heterocycles. The van der Waals surface area contributed by atoms with Crippen LogP contribution in [0.3, 0.4) is 0 Å². The van der Waals surface area contributed by atoms with E-state index >= 15 is 0 Å². The topological polar surface area (TPSA) is 263 Å². The molecule has 0 bridgehead atoms. The van der Waals surface area contributed by atoms with E-state index in [1.54, 1.807) is 0 Å². The number of hydrogen-bond acceptors (Lipinski definition) is 14. The van der Waals surface area contributed by atoms with Crippen molar-refractivity contribution in [1.29, 1.82) is 0 Å². The molecule has 0 aliphatic carbocycles. The Hall–Kier alpha value is 0.396. The maximum absolute atomic E-state index is 13.1. The van der Waals surface area contributed by atoms with Crippen LogP contribution in [0.25, 0.3) is 10.8 Å². The van der Waals surface area contributed by atoms with Crippen molar-refractivity contribution in [1.82, 2.24) is 0 Å². The summed E-state index contributed by atoms with van der Waals surface area (Å²) in [5.41, 5.74) is -1.15. The van der Waals surface area contributed by atoms with Crippen molar-refractivity contribution >= 4 is 68.5 Å². The third-order valence-corrected chi connectivity index (χ3v) is 8.92. The molecule has 0 atom stereocenters. The van der Waals surface area contributed by atoms with Crippen molar-refractivity contribution in [2.45, 2.75) is 9.79 Å². The summed E-state index contributed by atoms with van der Waals surface area (Å²) in [5.74, 6) is -2.00. The van der Waals surface area contributed by atoms with E-state index in [4.69, 9.17) is 4.55 Å². The predicted molar refractivity (Wildman–Crippen MR) is 130 cm³/mol. The van der Waals surface area contributed by atoms with E-state index in [9.17, 15) is 47.9 Å². The molecule has 0 spiro atoms. The van der Waals surface area contributed by atoms with Crippen LogP contribution in [0, 0.1) is 0 Å².